The van der Waals surface area contributed by atoms with E-state index >= 15 is 0 Å². The molecule has 142 valence electrons. The maximum Gasteiger partial charge on any atom is 0.259 e. The van der Waals surface area contributed by atoms with Crippen LogP contribution in [0, 0.1) is 12.8 Å². The zero-order valence-electron chi connectivity index (χ0n) is 16.3. The van der Waals surface area contributed by atoms with E-state index in [-0.39, 0.29) is 5.56 Å². The SMILES string of the molecule is CC[C@@H](C)Cc1c(C)sc2nc(CN3CCc4ccccc4C3)[nH]c(=O)c12. The first kappa shape index (κ1) is 18.4. The fraction of sp³-hybridized carbons (Fsp3) is 0.455. The Morgan fingerprint density at radius 3 is 2.85 bits per heavy atom. The second-order valence-electron chi connectivity index (χ2n) is 7.78. The van der Waals surface area contributed by atoms with E-state index in [1.54, 1.807) is 11.3 Å². The zero-order chi connectivity index (χ0) is 19.0. The number of nitrogens with zero attached hydrogens (tertiary/aromatic N) is 2. The fourth-order valence-electron chi connectivity index (χ4n) is 3.93. The van der Waals surface area contributed by atoms with E-state index in [0.29, 0.717) is 12.5 Å². The molecule has 1 aliphatic heterocycles. The van der Waals surface area contributed by atoms with Crippen molar-refractivity contribution in [2.45, 2.75) is 53.1 Å². The van der Waals surface area contributed by atoms with Crippen molar-refractivity contribution < 1.29 is 0 Å². The first-order valence-corrected chi connectivity index (χ1v) is 10.7. The number of fused-ring (bicyclic) bond motifs is 2. The summed E-state index contributed by atoms with van der Waals surface area (Å²) in [6, 6.07) is 8.62. The lowest BCUT2D eigenvalue weighted by molar-refractivity contribution is 0.239. The third kappa shape index (κ3) is 3.71. The Morgan fingerprint density at radius 2 is 2.07 bits per heavy atom. The van der Waals surface area contributed by atoms with Crippen molar-refractivity contribution in [2.75, 3.05) is 6.54 Å². The lowest BCUT2D eigenvalue weighted by atomic mass is 9.98. The van der Waals surface area contributed by atoms with Crippen molar-refractivity contribution in [2.24, 2.45) is 5.92 Å². The molecule has 3 aromatic rings. The van der Waals surface area contributed by atoms with E-state index in [2.05, 4.69) is 54.9 Å². The van der Waals surface area contributed by atoms with Gasteiger partial charge in [0.25, 0.3) is 5.56 Å². The highest BCUT2D eigenvalue weighted by molar-refractivity contribution is 7.18. The average Bonchev–Trinajstić information content (AvgIpc) is 2.97. The molecule has 1 aromatic carbocycles. The molecule has 5 heteroatoms. The molecule has 0 saturated heterocycles. The Hall–Kier alpha value is -1.98. The van der Waals surface area contributed by atoms with Gasteiger partial charge in [-0.3, -0.25) is 9.69 Å². The number of hydrogen-bond donors (Lipinski definition) is 1. The predicted molar refractivity (Wildman–Crippen MR) is 112 cm³/mol. The van der Waals surface area contributed by atoms with Gasteiger partial charge >= 0.3 is 0 Å². The topological polar surface area (TPSA) is 49.0 Å². The van der Waals surface area contributed by atoms with Crippen LogP contribution in [0.3, 0.4) is 0 Å². The minimum absolute atomic E-state index is 0.0232. The van der Waals surface area contributed by atoms with Crippen LogP contribution in [0.15, 0.2) is 29.1 Å². The van der Waals surface area contributed by atoms with E-state index in [9.17, 15) is 4.79 Å². The standard InChI is InChI=1S/C22H27N3OS/c1-4-14(2)11-18-15(3)27-22-20(18)21(26)23-19(24-22)13-25-10-9-16-7-5-6-8-17(16)12-25/h5-8,14H,4,9-13H2,1-3H3,(H,23,24,26)/t14-/m1/s1. The Morgan fingerprint density at radius 1 is 1.30 bits per heavy atom. The summed E-state index contributed by atoms with van der Waals surface area (Å²) in [5.41, 5.74) is 4.04. The van der Waals surface area contributed by atoms with Crippen LogP contribution in [0.2, 0.25) is 0 Å². The Bertz CT molecular complexity index is 1020. The second-order valence-corrected chi connectivity index (χ2v) is 8.98. The van der Waals surface area contributed by atoms with Crippen molar-refractivity contribution >= 4 is 21.6 Å². The lowest BCUT2D eigenvalue weighted by Gasteiger charge is -2.28. The smallest absolute Gasteiger partial charge is 0.259 e. The maximum atomic E-state index is 12.8. The number of thiophene rings is 1. The van der Waals surface area contributed by atoms with Crippen molar-refractivity contribution in [1.29, 1.82) is 0 Å². The largest absolute Gasteiger partial charge is 0.309 e. The van der Waals surface area contributed by atoms with Gasteiger partial charge in [0.15, 0.2) is 0 Å². The van der Waals surface area contributed by atoms with Crippen LogP contribution in [-0.4, -0.2) is 21.4 Å². The Labute approximate surface area is 164 Å². The number of benzene rings is 1. The van der Waals surface area contributed by atoms with Crippen LogP contribution in [0.25, 0.3) is 10.2 Å². The highest BCUT2D eigenvalue weighted by Crippen LogP contribution is 2.30. The fourth-order valence-corrected chi connectivity index (χ4v) is 5.01. The van der Waals surface area contributed by atoms with Crippen molar-refractivity contribution in [1.82, 2.24) is 14.9 Å². The molecule has 0 amide bonds. The molecule has 1 aliphatic rings. The summed E-state index contributed by atoms with van der Waals surface area (Å²) in [5.74, 6) is 1.36. The minimum Gasteiger partial charge on any atom is -0.309 e. The van der Waals surface area contributed by atoms with Crippen LogP contribution < -0.4 is 5.56 Å². The minimum atomic E-state index is 0.0232. The third-order valence-electron chi connectivity index (χ3n) is 5.74. The van der Waals surface area contributed by atoms with Gasteiger partial charge in [-0.15, -0.1) is 11.3 Å². The van der Waals surface area contributed by atoms with Crippen LogP contribution in [0.4, 0.5) is 0 Å². The molecule has 1 N–H and O–H groups in total. The molecule has 27 heavy (non-hydrogen) atoms. The van der Waals surface area contributed by atoms with Gasteiger partial charge in [-0.25, -0.2) is 4.98 Å². The van der Waals surface area contributed by atoms with Crippen LogP contribution in [-0.2, 0) is 25.9 Å². The van der Waals surface area contributed by atoms with Crippen molar-refractivity contribution in [3.63, 3.8) is 0 Å². The van der Waals surface area contributed by atoms with E-state index in [1.165, 1.54) is 21.6 Å². The third-order valence-corrected chi connectivity index (χ3v) is 6.79. The molecule has 0 saturated carbocycles. The number of hydrogen-bond acceptors (Lipinski definition) is 4. The molecule has 0 unspecified atom stereocenters. The molecular formula is C22H27N3OS. The summed E-state index contributed by atoms with van der Waals surface area (Å²) >= 11 is 1.66. The van der Waals surface area contributed by atoms with Crippen LogP contribution in [0.1, 0.15) is 47.7 Å². The molecule has 3 heterocycles. The van der Waals surface area contributed by atoms with Crippen molar-refractivity contribution in [3.05, 3.63) is 62.0 Å². The summed E-state index contributed by atoms with van der Waals surface area (Å²) in [7, 11) is 0. The normalized spacial score (nSPS) is 15.8. The number of aryl methyl sites for hydroxylation is 1. The molecule has 0 fully saturated rings. The van der Waals surface area contributed by atoms with Gasteiger partial charge in [0.2, 0.25) is 0 Å². The predicted octanol–water partition coefficient (Wildman–Crippen LogP) is 4.44. The summed E-state index contributed by atoms with van der Waals surface area (Å²) in [4.78, 5) is 25.2. The Balaban J connectivity index is 1.60. The van der Waals surface area contributed by atoms with Crippen molar-refractivity contribution in [3.8, 4) is 0 Å². The molecule has 0 radical (unpaired) electrons. The molecule has 4 nitrogen and oxygen atoms in total. The second kappa shape index (κ2) is 7.56. The molecule has 1 atom stereocenters. The molecule has 0 bridgehead atoms. The van der Waals surface area contributed by atoms with Crippen LogP contribution >= 0.6 is 11.3 Å². The van der Waals surface area contributed by atoms with Gasteiger partial charge in [-0.1, -0.05) is 44.5 Å². The van der Waals surface area contributed by atoms with Gasteiger partial charge in [0, 0.05) is 18.0 Å². The van der Waals surface area contributed by atoms with E-state index in [4.69, 9.17) is 4.98 Å². The van der Waals surface area contributed by atoms with Gasteiger partial charge in [0.05, 0.1) is 11.9 Å². The average molecular weight is 382 g/mol. The summed E-state index contributed by atoms with van der Waals surface area (Å²) in [5, 5.41) is 0.811. The van der Waals surface area contributed by atoms with E-state index in [1.807, 2.05) is 0 Å². The van der Waals surface area contributed by atoms with Gasteiger partial charge in [-0.2, -0.15) is 0 Å². The number of rotatable bonds is 5. The maximum absolute atomic E-state index is 12.8. The number of aromatic nitrogens is 2. The monoisotopic (exact) mass is 381 g/mol. The van der Waals surface area contributed by atoms with Gasteiger partial charge in [0.1, 0.15) is 10.7 Å². The van der Waals surface area contributed by atoms with Crippen LogP contribution in [0.5, 0.6) is 0 Å². The molecule has 0 aliphatic carbocycles. The first-order valence-electron chi connectivity index (χ1n) is 9.85. The zero-order valence-corrected chi connectivity index (χ0v) is 17.2. The lowest BCUT2D eigenvalue weighted by Crippen LogP contribution is -2.31. The summed E-state index contributed by atoms with van der Waals surface area (Å²) in [6.07, 6.45) is 3.13. The highest BCUT2D eigenvalue weighted by atomic mass is 32.1. The highest BCUT2D eigenvalue weighted by Gasteiger charge is 2.19. The molecule has 0 spiro atoms. The number of H-pyrrole nitrogens is 1. The quantitative estimate of drug-likeness (QED) is 0.711. The molecule has 4 rings (SSSR count). The van der Waals surface area contributed by atoms with Gasteiger partial charge in [-0.05, 0) is 42.4 Å². The number of nitrogens with one attached hydrogen (secondary N) is 1. The summed E-state index contributed by atoms with van der Waals surface area (Å²) < 4.78 is 0. The van der Waals surface area contributed by atoms with E-state index < -0.39 is 0 Å². The van der Waals surface area contributed by atoms with E-state index in [0.717, 1.165) is 48.4 Å². The number of aromatic amines is 1. The molecule has 2 aromatic heterocycles. The first-order chi connectivity index (χ1) is 13.0. The molecular weight excluding hydrogens is 354 g/mol. The van der Waals surface area contributed by atoms with Gasteiger partial charge < -0.3 is 4.98 Å². The summed E-state index contributed by atoms with van der Waals surface area (Å²) in [6.45, 7) is 9.17. The Kier molecular flexibility index (Phi) is 5.15.